The Hall–Kier alpha value is -1.85. The zero-order chi connectivity index (χ0) is 35.6. The largest absolute Gasteiger partial charge is 0.481 e. The normalized spacial score (nSPS) is 47.2. The van der Waals surface area contributed by atoms with Crippen molar-refractivity contribution in [2.24, 2.45) is 73.9 Å². The van der Waals surface area contributed by atoms with E-state index >= 15 is 0 Å². The molecule has 0 bridgehead atoms. The van der Waals surface area contributed by atoms with Crippen LogP contribution >= 0.6 is 0 Å². The lowest BCUT2D eigenvalue weighted by Gasteiger charge is -2.72. The first-order valence-corrected chi connectivity index (χ1v) is 19.4. The minimum absolute atomic E-state index is 0.0358. The second kappa shape index (κ2) is 11.1. The first kappa shape index (κ1) is 36.0. The van der Waals surface area contributed by atoms with E-state index in [1.165, 1.54) is 5.57 Å². The molecule has 0 aromatic heterocycles. The van der Waals surface area contributed by atoms with Gasteiger partial charge in [-0.1, -0.05) is 60.6 Å². The maximum Gasteiger partial charge on any atom is 0.309 e. The molecule has 48 heavy (non-hydrogen) atoms. The molecule has 1 amide bonds. The molecule has 4 unspecified atom stereocenters. The number of ether oxygens (including phenoxy) is 1. The molecule has 0 saturated heterocycles. The van der Waals surface area contributed by atoms with Crippen molar-refractivity contribution < 1.29 is 24.2 Å². The molecule has 12 atom stereocenters. The monoisotopic (exact) mass is 666 g/mol. The predicted molar refractivity (Wildman–Crippen MR) is 190 cm³/mol. The number of carboxylic acids is 1. The van der Waals surface area contributed by atoms with Crippen LogP contribution < -0.4 is 5.32 Å². The molecule has 2 N–H and O–H groups in total. The molecule has 6 nitrogen and oxygen atoms in total. The number of fused-ring (bicyclic) bond motifs is 7. The van der Waals surface area contributed by atoms with Gasteiger partial charge in [-0.15, -0.1) is 0 Å². The average Bonchev–Trinajstić information content (AvgIpc) is 3.35. The smallest absolute Gasteiger partial charge is 0.309 e. The van der Waals surface area contributed by atoms with Crippen LogP contribution in [0, 0.1) is 73.9 Å². The van der Waals surface area contributed by atoms with Crippen LogP contribution in [0.15, 0.2) is 12.2 Å². The van der Waals surface area contributed by atoms with Gasteiger partial charge in [0.15, 0.2) is 0 Å². The minimum Gasteiger partial charge on any atom is -0.481 e. The Morgan fingerprint density at radius 1 is 0.771 bits per heavy atom. The molecule has 6 rings (SSSR count). The summed E-state index contributed by atoms with van der Waals surface area (Å²) in [6.07, 6.45) is 10.5. The molecule has 0 spiro atoms. The second-order valence-corrected chi connectivity index (χ2v) is 20.8. The van der Waals surface area contributed by atoms with Crippen molar-refractivity contribution in [3.63, 3.8) is 0 Å². The van der Waals surface area contributed by atoms with Crippen molar-refractivity contribution in [3.05, 3.63) is 12.2 Å². The first-order valence-electron chi connectivity index (χ1n) is 19.4. The molecule has 0 heterocycles. The van der Waals surface area contributed by atoms with Gasteiger partial charge in [-0.2, -0.15) is 0 Å². The van der Waals surface area contributed by atoms with Gasteiger partial charge in [0.2, 0.25) is 5.91 Å². The van der Waals surface area contributed by atoms with Gasteiger partial charge in [-0.25, -0.2) is 0 Å². The number of carbonyl (C=O) groups is 3. The number of hydrogen-bond acceptors (Lipinski definition) is 4. The molecular weight excluding hydrogens is 598 g/mol. The Labute approximate surface area is 291 Å². The maximum atomic E-state index is 13.8. The van der Waals surface area contributed by atoms with Gasteiger partial charge in [0, 0.05) is 16.9 Å². The quantitative estimate of drug-likeness (QED) is 0.226. The summed E-state index contributed by atoms with van der Waals surface area (Å²) in [6.45, 7) is 29.0. The minimum atomic E-state index is -0.590. The van der Waals surface area contributed by atoms with Crippen LogP contribution in [-0.4, -0.2) is 34.6 Å². The van der Waals surface area contributed by atoms with E-state index in [1.807, 2.05) is 34.6 Å². The van der Waals surface area contributed by atoms with Crippen LogP contribution in [0.1, 0.15) is 147 Å². The molecule has 0 radical (unpaired) electrons. The Morgan fingerprint density at radius 3 is 2.02 bits per heavy atom. The summed E-state index contributed by atoms with van der Waals surface area (Å²) in [7, 11) is 0. The van der Waals surface area contributed by atoms with Crippen molar-refractivity contribution in [2.45, 2.75) is 158 Å². The van der Waals surface area contributed by atoms with E-state index in [2.05, 4.69) is 53.4 Å². The molecule has 6 fully saturated rings. The molecule has 6 saturated carbocycles. The van der Waals surface area contributed by atoms with Crippen molar-refractivity contribution in [2.75, 3.05) is 0 Å². The maximum absolute atomic E-state index is 13.8. The number of esters is 1. The number of hydrogen-bond donors (Lipinski definition) is 2. The lowest BCUT2D eigenvalue weighted by Crippen LogP contribution is -2.67. The SMILES string of the molecule is C=C(C)C1CC[C@]2(C(=O)O)CC[C@]3(C)C(CC[C@@H]4[C@@]5(C)CC[C@H](OC(=O)C6C[C@@H](C(=O)NC(C)(C)C)C6(C)C)C(C)(C)[C@@H]5CC[C@]43C)C12. The number of carbonyl (C=O) groups excluding carboxylic acids is 2. The van der Waals surface area contributed by atoms with Crippen molar-refractivity contribution in [3.8, 4) is 0 Å². The van der Waals surface area contributed by atoms with Crippen molar-refractivity contribution >= 4 is 17.8 Å². The standard InChI is InChI=1S/C42H67NO5/c1-24(2)25-15-20-42(35(46)47)22-21-40(11)26(32(25)42)13-14-30-39(10)18-17-31(38(8,9)29(39)16-19-41(30,40)12)48-34(45)28-23-27(37(28,6)7)33(44)43-36(3,4)5/h25-32H,1,13-23H2,2-12H3,(H,43,44)(H,46,47)/t25?,26?,27-,28?,29-,30+,31-,32?,39-,40+,41+,42-/m0/s1. The van der Waals surface area contributed by atoms with E-state index in [0.29, 0.717) is 30.1 Å². The summed E-state index contributed by atoms with van der Waals surface area (Å²) in [6, 6.07) is 0. The summed E-state index contributed by atoms with van der Waals surface area (Å²) in [4.78, 5) is 39.8. The summed E-state index contributed by atoms with van der Waals surface area (Å²) in [5.74, 6) is 0.841. The van der Waals surface area contributed by atoms with Crippen LogP contribution in [0.3, 0.4) is 0 Å². The lowest BCUT2D eigenvalue weighted by atomic mass is 9.32. The highest BCUT2D eigenvalue weighted by molar-refractivity contribution is 5.85. The van der Waals surface area contributed by atoms with Gasteiger partial charge in [-0.3, -0.25) is 14.4 Å². The number of amides is 1. The number of allylic oxidation sites excluding steroid dienone is 1. The third-order valence-electron chi connectivity index (χ3n) is 17.1. The Morgan fingerprint density at radius 2 is 1.44 bits per heavy atom. The first-order chi connectivity index (χ1) is 22.0. The van der Waals surface area contributed by atoms with Crippen molar-refractivity contribution in [1.82, 2.24) is 5.32 Å². The van der Waals surface area contributed by atoms with Crippen LogP contribution in [0.5, 0.6) is 0 Å². The van der Waals surface area contributed by atoms with Gasteiger partial charge in [0.1, 0.15) is 6.10 Å². The highest BCUT2D eigenvalue weighted by Crippen LogP contribution is 2.77. The predicted octanol–water partition coefficient (Wildman–Crippen LogP) is 9.22. The topological polar surface area (TPSA) is 92.7 Å². The fraction of sp³-hybridized carbons (Fsp3) is 0.881. The molecule has 6 aliphatic rings. The van der Waals surface area contributed by atoms with Crippen molar-refractivity contribution in [1.29, 1.82) is 0 Å². The Balaban J connectivity index is 1.20. The molecule has 0 aromatic rings. The van der Waals surface area contributed by atoms with E-state index in [-0.39, 0.29) is 62.9 Å². The fourth-order valence-corrected chi connectivity index (χ4v) is 14.1. The summed E-state index contributed by atoms with van der Waals surface area (Å²) in [5.41, 5.74) is 0.0997. The number of nitrogens with one attached hydrogen (secondary N) is 1. The second-order valence-electron chi connectivity index (χ2n) is 20.8. The zero-order valence-electron chi connectivity index (χ0n) is 32.2. The summed E-state index contributed by atoms with van der Waals surface area (Å²) >= 11 is 0. The van der Waals surface area contributed by atoms with Gasteiger partial charge in [0.25, 0.3) is 0 Å². The van der Waals surface area contributed by atoms with E-state index < -0.39 is 16.8 Å². The van der Waals surface area contributed by atoms with Gasteiger partial charge in [-0.05, 0) is 150 Å². The van der Waals surface area contributed by atoms with Gasteiger partial charge >= 0.3 is 11.9 Å². The fourth-order valence-electron chi connectivity index (χ4n) is 14.1. The third-order valence-corrected chi connectivity index (χ3v) is 17.1. The van der Waals surface area contributed by atoms with E-state index in [0.717, 1.165) is 64.2 Å². The van der Waals surface area contributed by atoms with Gasteiger partial charge in [0.05, 0.1) is 11.3 Å². The number of rotatable bonds is 5. The summed E-state index contributed by atoms with van der Waals surface area (Å²) in [5, 5.41) is 13.8. The van der Waals surface area contributed by atoms with E-state index in [4.69, 9.17) is 4.74 Å². The molecule has 6 aliphatic carbocycles. The van der Waals surface area contributed by atoms with E-state index in [9.17, 15) is 19.5 Å². The Bertz CT molecular complexity index is 1370. The molecular formula is C42H67NO5. The molecule has 0 aliphatic heterocycles. The van der Waals surface area contributed by atoms with Crippen LogP contribution in [-0.2, 0) is 19.1 Å². The third kappa shape index (κ3) is 4.85. The highest BCUT2D eigenvalue weighted by atomic mass is 16.5. The highest BCUT2D eigenvalue weighted by Gasteiger charge is 2.72. The number of carboxylic acid groups (broad SMARTS) is 1. The van der Waals surface area contributed by atoms with Crippen LogP contribution in [0.25, 0.3) is 0 Å². The Kier molecular flexibility index (Phi) is 8.30. The van der Waals surface area contributed by atoms with Gasteiger partial charge < -0.3 is 15.2 Å². The average molecular weight is 666 g/mol. The van der Waals surface area contributed by atoms with E-state index in [1.54, 1.807) is 0 Å². The molecule has 6 heteroatoms. The summed E-state index contributed by atoms with van der Waals surface area (Å²) < 4.78 is 6.52. The van der Waals surface area contributed by atoms with Crippen LogP contribution in [0.4, 0.5) is 0 Å². The zero-order valence-corrected chi connectivity index (χ0v) is 32.2. The van der Waals surface area contributed by atoms with Crippen LogP contribution in [0.2, 0.25) is 0 Å². The number of aliphatic carboxylic acids is 1. The lowest BCUT2D eigenvalue weighted by molar-refractivity contribution is -0.252. The molecule has 270 valence electrons. The molecule has 0 aromatic carbocycles.